The molecule has 0 N–H and O–H groups in total. The summed E-state index contributed by atoms with van der Waals surface area (Å²) >= 11 is 0. The van der Waals surface area contributed by atoms with E-state index in [1.807, 2.05) is 13.8 Å². The summed E-state index contributed by atoms with van der Waals surface area (Å²) in [5, 5.41) is 6.91. The van der Waals surface area contributed by atoms with E-state index in [4.69, 9.17) is 0 Å². The molecule has 1 heterocycles. The van der Waals surface area contributed by atoms with Crippen molar-refractivity contribution in [3.8, 4) is 0 Å². The molecule has 0 aliphatic heterocycles. The van der Waals surface area contributed by atoms with Gasteiger partial charge in [0.2, 0.25) is 0 Å². The maximum Gasteiger partial charge on any atom is 0.269 e. The molecule has 0 spiro atoms. The van der Waals surface area contributed by atoms with Crippen molar-refractivity contribution in [3.63, 3.8) is 0 Å². The fourth-order valence-corrected chi connectivity index (χ4v) is 1.61. The lowest BCUT2D eigenvalue weighted by molar-refractivity contribution is 0.449. The van der Waals surface area contributed by atoms with Gasteiger partial charge in [-0.15, -0.1) is 5.10 Å². The monoisotopic (exact) mass is 198 g/mol. The maximum atomic E-state index is 13.4. The highest BCUT2D eigenvalue weighted by Crippen LogP contribution is 2.43. The molecular formula is C10H12F2N2. The molecule has 14 heavy (non-hydrogen) atoms. The molecule has 0 atom stereocenters. The molecule has 2 nitrogen and oxygen atoms in total. The van der Waals surface area contributed by atoms with Gasteiger partial charge in [-0.05, 0) is 24.7 Å². The lowest BCUT2D eigenvalue weighted by Gasteiger charge is -2.10. The Bertz CT molecular complexity index is 359. The van der Waals surface area contributed by atoms with Gasteiger partial charge in [-0.25, -0.2) is 4.39 Å². The summed E-state index contributed by atoms with van der Waals surface area (Å²) in [6.07, 6.45) is 1.86. The van der Waals surface area contributed by atoms with Gasteiger partial charge in [0, 0.05) is 5.56 Å². The van der Waals surface area contributed by atoms with Crippen LogP contribution in [0.3, 0.4) is 0 Å². The zero-order valence-electron chi connectivity index (χ0n) is 8.22. The molecule has 1 aliphatic carbocycles. The fourth-order valence-electron chi connectivity index (χ4n) is 1.61. The van der Waals surface area contributed by atoms with Crippen molar-refractivity contribution in [2.75, 3.05) is 0 Å². The third-order valence-corrected chi connectivity index (χ3v) is 2.47. The molecule has 4 heteroatoms. The van der Waals surface area contributed by atoms with E-state index in [1.54, 1.807) is 0 Å². The Kier molecular flexibility index (Phi) is 2.21. The van der Waals surface area contributed by atoms with E-state index in [9.17, 15) is 8.78 Å². The molecule has 1 aromatic rings. The quantitative estimate of drug-likeness (QED) is 0.730. The minimum atomic E-state index is -1.07. The lowest BCUT2D eigenvalue weighted by Crippen LogP contribution is -2.07. The molecule has 1 aliphatic rings. The number of hydrogen-bond donors (Lipinski definition) is 0. The van der Waals surface area contributed by atoms with E-state index in [-0.39, 0.29) is 11.8 Å². The summed E-state index contributed by atoms with van der Waals surface area (Å²) in [5.74, 6) is -1.62. The van der Waals surface area contributed by atoms with Gasteiger partial charge < -0.3 is 0 Å². The average Bonchev–Trinajstić information content (AvgIpc) is 2.92. The average molecular weight is 198 g/mol. The van der Waals surface area contributed by atoms with Crippen molar-refractivity contribution in [3.05, 3.63) is 23.0 Å². The summed E-state index contributed by atoms with van der Waals surface area (Å²) < 4.78 is 26.3. The van der Waals surface area contributed by atoms with Gasteiger partial charge >= 0.3 is 0 Å². The van der Waals surface area contributed by atoms with E-state index in [1.165, 1.54) is 0 Å². The van der Waals surface area contributed by atoms with Crippen LogP contribution in [0.4, 0.5) is 8.78 Å². The fraction of sp³-hybridized carbons (Fsp3) is 0.600. The van der Waals surface area contributed by atoms with Crippen LogP contribution in [0.15, 0.2) is 0 Å². The number of hydrogen-bond acceptors (Lipinski definition) is 2. The van der Waals surface area contributed by atoms with E-state index in [0.717, 1.165) is 12.8 Å². The Morgan fingerprint density at radius 1 is 1.21 bits per heavy atom. The zero-order chi connectivity index (χ0) is 10.3. The highest BCUT2D eigenvalue weighted by Gasteiger charge is 2.32. The van der Waals surface area contributed by atoms with E-state index in [0.29, 0.717) is 11.3 Å². The van der Waals surface area contributed by atoms with Crippen LogP contribution in [-0.4, -0.2) is 10.2 Å². The van der Waals surface area contributed by atoms with Crippen molar-refractivity contribution < 1.29 is 8.78 Å². The molecule has 0 saturated heterocycles. The molecule has 1 fully saturated rings. The van der Waals surface area contributed by atoms with Gasteiger partial charge in [0.05, 0.1) is 5.69 Å². The van der Waals surface area contributed by atoms with Crippen LogP contribution in [0.5, 0.6) is 0 Å². The Morgan fingerprint density at radius 3 is 2.36 bits per heavy atom. The molecule has 0 amide bonds. The molecule has 0 unspecified atom stereocenters. The molecule has 76 valence electrons. The smallest absolute Gasteiger partial charge is 0.201 e. The van der Waals surface area contributed by atoms with Crippen molar-refractivity contribution in [1.82, 2.24) is 10.2 Å². The highest BCUT2D eigenvalue weighted by molar-refractivity contribution is 5.30. The second-order valence-corrected chi connectivity index (χ2v) is 4.03. The summed E-state index contributed by atoms with van der Waals surface area (Å²) in [6, 6.07) is 0. The van der Waals surface area contributed by atoms with Gasteiger partial charge in [-0.3, -0.25) is 0 Å². The summed E-state index contributed by atoms with van der Waals surface area (Å²) in [4.78, 5) is 0. The Hall–Kier alpha value is -1.06. The first kappa shape index (κ1) is 9.49. The van der Waals surface area contributed by atoms with Crippen LogP contribution in [-0.2, 0) is 0 Å². The molecule has 1 aromatic heterocycles. The summed E-state index contributed by atoms with van der Waals surface area (Å²) in [7, 11) is 0. The molecule has 0 bridgehead atoms. The molecule has 2 rings (SSSR count). The number of halogens is 2. The van der Waals surface area contributed by atoms with E-state index < -0.39 is 11.8 Å². The van der Waals surface area contributed by atoms with Crippen LogP contribution < -0.4 is 0 Å². The number of rotatable bonds is 2. The Morgan fingerprint density at radius 2 is 1.86 bits per heavy atom. The first-order valence-electron chi connectivity index (χ1n) is 4.82. The third kappa shape index (κ3) is 1.49. The van der Waals surface area contributed by atoms with Crippen molar-refractivity contribution in [2.45, 2.75) is 38.5 Å². The standard InChI is InChI=1S/C10H12F2N2/c1-5(2)9-7(6-3-4-6)8(11)10(12)14-13-9/h5-6H,3-4H2,1-2H3. The lowest BCUT2D eigenvalue weighted by atomic mass is 10.0. The van der Waals surface area contributed by atoms with Gasteiger partial charge in [0.15, 0.2) is 5.82 Å². The van der Waals surface area contributed by atoms with Crippen LogP contribution in [0, 0.1) is 11.8 Å². The maximum absolute atomic E-state index is 13.4. The van der Waals surface area contributed by atoms with Crippen LogP contribution in [0.2, 0.25) is 0 Å². The Balaban J connectivity index is 2.54. The molecule has 0 aromatic carbocycles. The van der Waals surface area contributed by atoms with Crippen molar-refractivity contribution in [1.29, 1.82) is 0 Å². The van der Waals surface area contributed by atoms with Gasteiger partial charge in [-0.1, -0.05) is 13.8 Å². The van der Waals surface area contributed by atoms with E-state index >= 15 is 0 Å². The number of nitrogens with zero attached hydrogens (tertiary/aromatic N) is 2. The van der Waals surface area contributed by atoms with Gasteiger partial charge in [0.1, 0.15) is 0 Å². The minimum Gasteiger partial charge on any atom is -0.201 e. The third-order valence-electron chi connectivity index (χ3n) is 2.47. The topological polar surface area (TPSA) is 25.8 Å². The molecular weight excluding hydrogens is 186 g/mol. The highest BCUT2D eigenvalue weighted by atomic mass is 19.2. The first-order chi connectivity index (χ1) is 6.61. The van der Waals surface area contributed by atoms with Crippen molar-refractivity contribution >= 4 is 0 Å². The molecule has 0 radical (unpaired) electrons. The van der Waals surface area contributed by atoms with Gasteiger partial charge in [-0.2, -0.15) is 9.49 Å². The minimum absolute atomic E-state index is 0.0909. The normalized spacial score (nSPS) is 16.4. The predicted octanol–water partition coefficient (Wildman–Crippen LogP) is 2.76. The largest absolute Gasteiger partial charge is 0.269 e. The van der Waals surface area contributed by atoms with Gasteiger partial charge in [0.25, 0.3) is 5.95 Å². The van der Waals surface area contributed by atoms with Crippen LogP contribution >= 0.6 is 0 Å². The first-order valence-corrected chi connectivity index (χ1v) is 4.82. The predicted molar refractivity (Wildman–Crippen MR) is 48.0 cm³/mol. The second kappa shape index (κ2) is 3.26. The summed E-state index contributed by atoms with van der Waals surface area (Å²) in [6.45, 7) is 3.82. The zero-order valence-corrected chi connectivity index (χ0v) is 8.22. The Labute approximate surface area is 81.4 Å². The van der Waals surface area contributed by atoms with Crippen LogP contribution in [0.1, 0.15) is 49.8 Å². The van der Waals surface area contributed by atoms with Crippen molar-refractivity contribution in [2.24, 2.45) is 0 Å². The second-order valence-electron chi connectivity index (χ2n) is 4.03. The van der Waals surface area contributed by atoms with Crippen LogP contribution in [0.25, 0.3) is 0 Å². The number of aromatic nitrogens is 2. The van der Waals surface area contributed by atoms with E-state index in [2.05, 4.69) is 10.2 Å². The summed E-state index contributed by atoms with van der Waals surface area (Å²) in [5.41, 5.74) is 1.05. The molecule has 1 saturated carbocycles. The SMILES string of the molecule is CC(C)c1nnc(F)c(F)c1C1CC1.